The van der Waals surface area contributed by atoms with Crippen molar-refractivity contribution in [3.8, 4) is 6.07 Å². The Kier molecular flexibility index (Phi) is 5.90. The van der Waals surface area contributed by atoms with Gasteiger partial charge in [-0.3, -0.25) is 4.79 Å². The van der Waals surface area contributed by atoms with Crippen LogP contribution in [-0.4, -0.2) is 13.1 Å². The van der Waals surface area contributed by atoms with Gasteiger partial charge in [-0.1, -0.05) is 13.8 Å². The number of benzene rings is 1. The summed E-state index contributed by atoms with van der Waals surface area (Å²) in [5, 5.41) is 8.46. The van der Waals surface area contributed by atoms with Crippen LogP contribution in [0, 0.1) is 51.9 Å². The van der Waals surface area contributed by atoms with Crippen LogP contribution in [0.5, 0.6) is 0 Å². The van der Waals surface area contributed by atoms with Gasteiger partial charge in [-0.15, -0.1) is 0 Å². The van der Waals surface area contributed by atoms with E-state index in [1.165, 1.54) is 6.07 Å². The lowest BCUT2D eigenvalue weighted by Gasteiger charge is -2.12. The van der Waals surface area contributed by atoms with E-state index in [0.717, 1.165) is 13.2 Å². The number of hydrogen-bond donors (Lipinski definition) is 0. The van der Waals surface area contributed by atoms with E-state index < -0.39 is 76.7 Å². The molecule has 0 radical (unpaired) electrons. The van der Waals surface area contributed by atoms with Crippen LogP contribution in [0.4, 0.5) is 22.0 Å². The van der Waals surface area contributed by atoms with E-state index >= 15 is 0 Å². The zero-order valence-corrected chi connectivity index (χ0v) is 14.7. The largest absolute Gasteiger partial charge is 0.460 e. The average molecular weight is 389 g/mol. The Labute approximate surface area is 152 Å². The zero-order valence-electron chi connectivity index (χ0n) is 14.7. The molecule has 27 heavy (non-hydrogen) atoms. The molecule has 146 valence electrons. The summed E-state index contributed by atoms with van der Waals surface area (Å²) in [6, 6.07) is 1.28. The third kappa shape index (κ3) is 3.81. The predicted octanol–water partition coefficient (Wildman–Crippen LogP) is 4.08. The molecule has 4 nitrogen and oxygen atoms in total. The van der Waals surface area contributed by atoms with Crippen molar-refractivity contribution in [2.24, 2.45) is 17.3 Å². The van der Waals surface area contributed by atoms with Gasteiger partial charge in [0, 0.05) is 13.0 Å². The molecule has 1 fully saturated rings. The molecule has 0 aliphatic heterocycles. The fourth-order valence-electron chi connectivity index (χ4n) is 2.99. The van der Waals surface area contributed by atoms with E-state index in [4.69, 9.17) is 10.00 Å². The summed E-state index contributed by atoms with van der Waals surface area (Å²) >= 11 is 0. The molecular formula is C18H16F5NO3. The van der Waals surface area contributed by atoms with Gasteiger partial charge in [-0.2, -0.15) is 9.65 Å². The fourth-order valence-corrected chi connectivity index (χ4v) is 2.99. The first-order valence-electron chi connectivity index (χ1n) is 7.84. The second-order valence-electron chi connectivity index (χ2n) is 6.70. The number of allylic oxidation sites excluding steroid dienone is 2. The molecule has 0 bridgehead atoms. The Hall–Kier alpha value is -2.47. The van der Waals surface area contributed by atoms with Gasteiger partial charge in [-0.05, 0) is 11.5 Å². The van der Waals surface area contributed by atoms with Crippen molar-refractivity contribution in [2.75, 3.05) is 7.11 Å². The zero-order chi connectivity index (χ0) is 20.5. The Morgan fingerprint density at radius 2 is 1.59 bits per heavy atom. The van der Waals surface area contributed by atoms with Gasteiger partial charge in [0.2, 0.25) is 0 Å². The summed E-state index contributed by atoms with van der Waals surface area (Å²) in [6.45, 7) is 1.51. The highest BCUT2D eigenvalue weighted by Crippen LogP contribution is 2.60. The molecule has 1 saturated carbocycles. The predicted molar refractivity (Wildman–Crippen MR) is 82.3 cm³/mol. The molecule has 9 heteroatoms. The van der Waals surface area contributed by atoms with Crippen LogP contribution >= 0.6 is 0 Å². The Balaban J connectivity index is 2.18. The fraction of sp³-hybridized carbons (Fsp3) is 0.444. The maximum atomic E-state index is 14.0. The maximum Gasteiger partial charge on any atom is 0.310 e. The number of nitrogens with zero attached hydrogens (tertiary/aromatic N) is 1. The van der Waals surface area contributed by atoms with E-state index in [0.29, 0.717) is 0 Å². The molecule has 0 unspecified atom stereocenters. The van der Waals surface area contributed by atoms with E-state index in [1.54, 1.807) is 13.8 Å². The van der Waals surface area contributed by atoms with Crippen LogP contribution in [0.25, 0.3) is 0 Å². The van der Waals surface area contributed by atoms with Gasteiger partial charge in [0.1, 0.15) is 12.7 Å². The summed E-state index contributed by atoms with van der Waals surface area (Å²) in [7, 11) is 1.10. The molecular weight excluding hydrogens is 373 g/mol. The van der Waals surface area contributed by atoms with Crippen LogP contribution in [0.3, 0.4) is 0 Å². The maximum absolute atomic E-state index is 14.0. The number of carbonyl (C=O) groups is 1. The third-order valence-electron chi connectivity index (χ3n) is 4.69. The molecule has 1 aromatic carbocycles. The molecule has 2 atom stereocenters. The summed E-state index contributed by atoms with van der Waals surface area (Å²) in [4.78, 5) is 12.1. The number of halogens is 5. The number of hydrogen-bond acceptors (Lipinski definition) is 4. The summed E-state index contributed by atoms with van der Waals surface area (Å²) in [6.07, 6.45) is 0.964. The highest BCUT2D eigenvalue weighted by atomic mass is 19.2. The number of carbonyl (C=O) groups excluding carboxylic acids is 1. The number of rotatable bonds is 6. The first-order chi connectivity index (χ1) is 12.6. The molecule has 0 N–H and O–H groups in total. The van der Waals surface area contributed by atoms with Gasteiger partial charge >= 0.3 is 5.97 Å². The van der Waals surface area contributed by atoms with Crippen LogP contribution in [0.15, 0.2) is 11.9 Å². The van der Waals surface area contributed by atoms with Crippen molar-refractivity contribution in [3.05, 3.63) is 46.3 Å². The normalized spacial score (nSPS) is 20.9. The average Bonchev–Trinajstić information content (AvgIpc) is 3.16. The first-order valence-corrected chi connectivity index (χ1v) is 7.84. The van der Waals surface area contributed by atoms with Crippen molar-refractivity contribution in [2.45, 2.75) is 27.1 Å². The molecule has 0 saturated heterocycles. The molecule has 0 spiro atoms. The number of nitriles is 1. The summed E-state index contributed by atoms with van der Waals surface area (Å²) in [5.74, 6) is -10.1. The molecule has 1 aliphatic carbocycles. The van der Waals surface area contributed by atoms with Crippen molar-refractivity contribution in [1.29, 1.82) is 5.26 Å². The van der Waals surface area contributed by atoms with Gasteiger partial charge in [-0.25, -0.2) is 17.6 Å². The highest BCUT2D eigenvalue weighted by Gasteiger charge is 2.61. The minimum absolute atomic E-state index is 0.642. The van der Waals surface area contributed by atoms with Gasteiger partial charge < -0.3 is 9.47 Å². The Bertz CT molecular complexity index is 815. The molecule has 1 aromatic rings. The van der Waals surface area contributed by atoms with Crippen molar-refractivity contribution in [1.82, 2.24) is 0 Å². The minimum Gasteiger partial charge on any atom is -0.460 e. The van der Waals surface area contributed by atoms with Gasteiger partial charge in [0.15, 0.2) is 29.1 Å². The SMILES string of the molecule is COCc1c(F)c(F)c(COC(=O)[C@@H]2[C@H](/C=C(\F)C#N)C2(C)C)c(F)c1F. The second kappa shape index (κ2) is 7.64. The lowest BCUT2D eigenvalue weighted by molar-refractivity contribution is -0.147. The second-order valence-corrected chi connectivity index (χ2v) is 6.70. The molecule has 0 heterocycles. The first kappa shape index (κ1) is 20.8. The smallest absolute Gasteiger partial charge is 0.310 e. The van der Waals surface area contributed by atoms with Crippen LogP contribution in [0.1, 0.15) is 25.0 Å². The monoisotopic (exact) mass is 389 g/mol. The standard InChI is InChI=1S/C18H16F5NO3/c1-18(2)11(4-8(19)5-24)12(18)17(25)27-7-10-15(22)13(20)9(6-26-3)14(21)16(10)23/h4,11-12H,6-7H2,1-3H3/b8-4-/t11-,12-/m0/s1. The number of methoxy groups -OCH3 is 1. The Morgan fingerprint density at radius 1 is 1.11 bits per heavy atom. The molecule has 2 rings (SSSR count). The minimum atomic E-state index is -1.68. The quantitative estimate of drug-likeness (QED) is 0.318. The third-order valence-corrected chi connectivity index (χ3v) is 4.69. The number of ether oxygens (including phenoxy) is 2. The molecule has 0 aromatic heterocycles. The van der Waals surface area contributed by atoms with Crippen LogP contribution in [-0.2, 0) is 27.5 Å². The van der Waals surface area contributed by atoms with Gasteiger partial charge in [0.25, 0.3) is 0 Å². The topological polar surface area (TPSA) is 59.3 Å². The van der Waals surface area contributed by atoms with E-state index in [1.807, 2.05) is 0 Å². The highest BCUT2D eigenvalue weighted by molar-refractivity contribution is 5.78. The lowest BCUT2D eigenvalue weighted by atomic mass is 10.1. The van der Waals surface area contributed by atoms with Crippen molar-refractivity contribution < 1.29 is 36.2 Å². The van der Waals surface area contributed by atoms with Crippen molar-refractivity contribution in [3.63, 3.8) is 0 Å². The van der Waals surface area contributed by atoms with E-state index in [-0.39, 0.29) is 0 Å². The van der Waals surface area contributed by atoms with Crippen molar-refractivity contribution >= 4 is 5.97 Å². The van der Waals surface area contributed by atoms with Crippen LogP contribution < -0.4 is 0 Å². The summed E-state index contributed by atoms with van der Waals surface area (Å²) < 4.78 is 78.2. The molecule has 1 aliphatic rings. The summed E-state index contributed by atoms with van der Waals surface area (Å²) in [5.41, 5.74) is -2.73. The Morgan fingerprint density at radius 3 is 2.04 bits per heavy atom. The van der Waals surface area contributed by atoms with E-state index in [2.05, 4.69) is 4.74 Å². The van der Waals surface area contributed by atoms with Gasteiger partial charge in [0.05, 0.1) is 23.7 Å². The van der Waals surface area contributed by atoms with E-state index in [9.17, 15) is 26.7 Å². The number of esters is 1. The lowest BCUT2D eigenvalue weighted by Crippen LogP contribution is -2.15. The molecule has 0 amide bonds. The van der Waals surface area contributed by atoms with Crippen LogP contribution in [0.2, 0.25) is 0 Å².